The van der Waals surface area contributed by atoms with Gasteiger partial charge in [0.1, 0.15) is 17.3 Å². The smallest absolute Gasteiger partial charge is 0.417 e. The van der Waals surface area contributed by atoms with E-state index < -0.39 is 11.7 Å². The Kier molecular flexibility index (Phi) is 3.84. The Labute approximate surface area is 118 Å². The average molecular weight is 295 g/mol. The van der Waals surface area contributed by atoms with Gasteiger partial charge in [-0.05, 0) is 41.5 Å². The molecule has 0 atom stereocenters. The van der Waals surface area contributed by atoms with E-state index in [1.54, 1.807) is 0 Å². The van der Waals surface area contributed by atoms with Crippen LogP contribution < -0.4 is 10.5 Å². The summed E-state index contributed by atoms with van der Waals surface area (Å²) in [5.74, 6) is -0.00695. The lowest BCUT2D eigenvalue weighted by Gasteiger charge is -2.14. The Bertz CT molecular complexity index is 683. The highest BCUT2D eigenvalue weighted by Gasteiger charge is 2.33. The number of hydrogen-bond acceptors (Lipinski definition) is 3. The van der Waals surface area contributed by atoms with E-state index in [1.165, 1.54) is 37.6 Å². The zero-order chi connectivity index (χ0) is 15.6. The van der Waals surface area contributed by atoms with E-state index in [0.717, 1.165) is 6.07 Å². The van der Waals surface area contributed by atoms with Crippen molar-refractivity contribution in [2.75, 3.05) is 7.11 Å². The molecule has 0 aliphatic rings. The van der Waals surface area contributed by atoms with Crippen molar-refractivity contribution < 1.29 is 17.9 Å². The van der Waals surface area contributed by atoms with Crippen molar-refractivity contribution in [3.8, 4) is 16.9 Å². The summed E-state index contributed by atoms with van der Waals surface area (Å²) in [5, 5.41) is 7.32. The number of nitrogens with two attached hydrogens (primary N) is 1. The first-order valence-corrected chi connectivity index (χ1v) is 5.89. The van der Waals surface area contributed by atoms with Gasteiger partial charge < -0.3 is 10.5 Å². The second-order valence-electron chi connectivity index (χ2n) is 4.25. The Morgan fingerprint density at radius 1 is 1.24 bits per heavy atom. The molecule has 0 aliphatic carbocycles. The third-order valence-corrected chi connectivity index (χ3v) is 2.88. The molecule has 2 aromatic rings. The van der Waals surface area contributed by atoms with Gasteiger partial charge in [0.05, 0.1) is 12.7 Å². The fourth-order valence-corrected chi connectivity index (χ4v) is 1.88. The van der Waals surface area contributed by atoms with Crippen LogP contribution in [-0.4, -0.2) is 17.9 Å². The van der Waals surface area contributed by atoms with Gasteiger partial charge >= 0.3 is 6.18 Å². The van der Waals surface area contributed by atoms with E-state index >= 15 is 0 Å². The van der Waals surface area contributed by atoms with Crippen LogP contribution in [0.25, 0.3) is 11.1 Å². The molecule has 1 aromatic heterocycles. The zero-order valence-corrected chi connectivity index (χ0v) is 11.0. The van der Waals surface area contributed by atoms with Crippen molar-refractivity contribution in [3.05, 3.63) is 47.8 Å². The van der Waals surface area contributed by atoms with Gasteiger partial charge in [-0.2, -0.15) is 13.2 Å². The quantitative estimate of drug-likeness (QED) is 0.675. The summed E-state index contributed by atoms with van der Waals surface area (Å²) in [5.41, 5.74) is 4.86. The van der Waals surface area contributed by atoms with Gasteiger partial charge in [0, 0.05) is 6.20 Å². The number of methoxy groups -OCH3 is 1. The number of halogens is 3. The lowest BCUT2D eigenvalue weighted by atomic mass is 9.99. The molecule has 1 aromatic carbocycles. The summed E-state index contributed by atoms with van der Waals surface area (Å²) >= 11 is 0. The van der Waals surface area contributed by atoms with Gasteiger partial charge in [0.2, 0.25) is 0 Å². The minimum absolute atomic E-state index is 0.0493. The highest BCUT2D eigenvalue weighted by molar-refractivity contribution is 5.94. The summed E-state index contributed by atoms with van der Waals surface area (Å²) in [4.78, 5) is 3.84. The van der Waals surface area contributed by atoms with E-state index in [-0.39, 0.29) is 22.7 Å². The second-order valence-corrected chi connectivity index (χ2v) is 4.25. The SMILES string of the molecule is COc1ccc(C(F)(F)F)c(-c2ccnc(C(=N)N)c2)c1. The van der Waals surface area contributed by atoms with Gasteiger partial charge in [-0.15, -0.1) is 0 Å². The highest BCUT2D eigenvalue weighted by Crippen LogP contribution is 2.38. The third kappa shape index (κ3) is 3.13. The Morgan fingerprint density at radius 3 is 2.52 bits per heavy atom. The number of rotatable bonds is 3. The number of hydrogen-bond donors (Lipinski definition) is 2. The monoisotopic (exact) mass is 295 g/mol. The van der Waals surface area contributed by atoms with E-state index in [0.29, 0.717) is 5.75 Å². The molecule has 0 amide bonds. The van der Waals surface area contributed by atoms with Crippen molar-refractivity contribution in [1.82, 2.24) is 4.98 Å². The predicted molar refractivity (Wildman–Crippen MR) is 72.2 cm³/mol. The number of nitrogens with zero attached hydrogens (tertiary/aromatic N) is 1. The van der Waals surface area contributed by atoms with Crippen LogP contribution in [0.2, 0.25) is 0 Å². The first kappa shape index (κ1) is 14.8. The molecule has 21 heavy (non-hydrogen) atoms. The van der Waals surface area contributed by atoms with Crippen molar-refractivity contribution >= 4 is 5.84 Å². The molecular weight excluding hydrogens is 283 g/mol. The maximum Gasteiger partial charge on any atom is 0.417 e. The fraction of sp³-hybridized carbons (Fsp3) is 0.143. The molecule has 110 valence electrons. The minimum Gasteiger partial charge on any atom is -0.497 e. The first-order chi connectivity index (χ1) is 9.82. The van der Waals surface area contributed by atoms with Gasteiger partial charge in [-0.25, -0.2) is 0 Å². The van der Waals surface area contributed by atoms with Gasteiger partial charge in [0.25, 0.3) is 0 Å². The molecular formula is C14H12F3N3O. The van der Waals surface area contributed by atoms with E-state index in [2.05, 4.69) is 4.98 Å². The van der Waals surface area contributed by atoms with Crippen LogP contribution in [0, 0.1) is 5.41 Å². The lowest BCUT2D eigenvalue weighted by Crippen LogP contribution is -2.13. The molecule has 1 heterocycles. The van der Waals surface area contributed by atoms with Crippen molar-refractivity contribution in [1.29, 1.82) is 5.41 Å². The van der Waals surface area contributed by atoms with Crippen LogP contribution in [0.3, 0.4) is 0 Å². The summed E-state index contributed by atoms with van der Waals surface area (Å²) in [6.45, 7) is 0. The van der Waals surface area contributed by atoms with E-state index in [9.17, 15) is 13.2 Å². The number of benzene rings is 1. The molecule has 0 fully saturated rings. The number of ether oxygens (including phenoxy) is 1. The Morgan fingerprint density at radius 2 is 1.95 bits per heavy atom. The van der Waals surface area contributed by atoms with Gasteiger partial charge in [-0.1, -0.05) is 0 Å². The van der Waals surface area contributed by atoms with E-state index in [1.807, 2.05) is 0 Å². The minimum atomic E-state index is -4.50. The van der Waals surface area contributed by atoms with Crippen molar-refractivity contribution in [3.63, 3.8) is 0 Å². The molecule has 3 N–H and O–H groups in total. The largest absolute Gasteiger partial charge is 0.497 e. The number of pyridine rings is 1. The van der Waals surface area contributed by atoms with Crippen LogP contribution in [0.1, 0.15) is 11.3 Å². The molecule has 0 unspecified atom stereocenters. The summed E-state index contributed by atoms with van der Waals surface area (Å²) in [6.07, 6.45) is -3.19. The topological polar surface area (TPSA) is 72.0 Å². The lowest BCUT2D eigenvalue weighted by molar-refractivity contribution is -0.137. The second kappa shape index (κ2) is 5.43. The Balaban J connectivity index is 2.66. The summed E-state index contributed by atoms with van der Waals surface area (Å²) < 4.78 is 44.3. The molecule has 7 heteroatoms. The first-order valence-electron chi connectivity index (χ1n) is 5.89. The van der Waals surface area contributed by atoms with E-state index in [4.69, 9.17) is 15.9 Å². The van der Waals surface area contributed by atoms with Crippen LogP contribution in [-0.2, 0) is 6.18 Å². The molecule has 0 spiro atoms. The number of alkyl halides is 3. The number of amidine groups is 1. The fourth-order valence-electron chi connectivity index (χ4n) is 1.88. The van der Waals surface area contributed by atoms with Crippen LogP contribution in [0.4, 0.5) is 13.2 Å². The van der Waals surface area contributed by atoms with Crippen LogP contribution in [0.5, 0.6) is 5.75 Å². The standard InChI is InChI=1S/C14H12F3N3O/c1-21-9-2-3-11(14(15,16)17)10(7-9)8-4-5-20-12(6-8)13(18)19/h2-7H,1H3,(H3,18,19). The number of nitrogen functional groups attached to an aromatic ring is 1. The maximum absolute atomic E-state index is 13.1. The number of aromatic nitrogens is 1. The molecule has 4 nitrogen and oxygen atoms in total. The molecule has 0 saturated carbocycles. The maximum atomic E-state index is 13.1. The van der Waals surface area contributed by atoms with Crippen LogP contribution >= 0.6 is 0 Å². The highest BCUT2D eigenvalue weighted by atomic mass is 19.4. The molecule has 2 rings (SSSR count). The summed E-state index contributed by atoms with van der Waals surface area (Å²) in [7, 11) is 1.37. The molecule has 0 aliphatic heterocycles. The van der Waals surface area contributed by atoms with Gasteiger partial charge in [0.15, 0.2) is 0 Å². The number of nitrogens with one attached hydrogen (secondary N) is 1. The predicted octanol–water partition coefficient (Wildman–Crippen LogP) is 3.06. The summed E-state index contributed by atoms with van der Waals surface area (Å²) in [6, 6.07) is 6.27. The van der Waals surface area contributed by atoms with Crippen LogP contribution in [0.15, 0.2) is 36.5 Å². The van der Waals surface area contributed by atoms with Crippen molar-refractivity contribution in [2.45, 2.75) is 6.18 Å². The average Bonchev–Trinajstić information content (AvgIpc) is 2.45. The van der Waals surface area contributed by atoms with Gasteiger partial charge in [-0.3, -0.25) is 10.4 Å². The third-order valence-electron chi connectivity index (χ3n) is 2.88. The Hall–Kier alpha value is -2.57. The zero-order valence-electron chi connectivity index (χ0n) is 11.0. The molecule has 0 bridgehead atoms. The normalized spacial score (nSPS) is 11.2. The molecule has 0 saturated heterocycles. The van der Waals surface area contributed by atoms with Crippen molar-refractivity contribution in [2.24, 2.45) is 5.73 Å². The molecule has 0 radical (unpaired) electrons.